The van der Waals surface area contributed by atoms with Gasteiger partial charge in [-0.25, -0.2) is 8.78 Å². The molecular formula is C18H18F2N2O. The van der Waals surface area contributed by atoms with Crippen LogP contribution in [0.1, 0.15) is 23.2 Å². The molecule has 1 amide bonds. The van der Waals surface area contributed by atoms with Crippen molar-refractivity contribution < 1.29 is 13.6 Å². The number of rotatable bonds is 3. The van der Waals surface area contributed by atoms with Gasteiger partial charge in [0.1, 0.15) is 11.6 Å². The smallest absolute Gasteiger partial charge is 0.254 e. The number of piperidine rings is 1. The Bertz CT molecular complexity index is 695. The maximum absolute atomic E-state index is 14.3. The van der Waals surface area contributed by atoms with E-state index < -0.39 is 11.7 Å². The lowest BCUT2D eigenvalue weighted by molar-refractivity contribution is 0.0926. The Morgan fingerprint density at radius 1 is 1.09 bits per heavy atom. The van der Waals surface area contributed by atoms with Crippen LogP contribution in [0.25, 0.3) is 11.1 Å². The molecule has 1 atom stereocenters. The van der Waals surface area contributed by atoms with Gasteiger partial charge in [0.05, 0.1) is 5.56 Å². The summed E-state index contributed by atoms with van der Waals surface area (Å²) in [6.45, 7) is 1.66. The molecule has 3 rings (SSSR count). The van der Waals surface area contributed by atoms with Crippen LogP contribution in [0.15, 0.2) is 42.5 Å². The molecule has 1 fully saturated rings. The summed E-state index contributed by atoms with van der Waals surface area (Å²) in [4.78, 5) is 12.2. The molecule has 0 spiro atoms. The lowest BCUT2D eigenvalue weighted by Crippen LogP contribution is -2.45. The molecule has 5 heteroatoms. The lowest BCUT2D eigenvalue weighted by atomic mass is 10.0. The van der Waals surface area contributed by atoms with Gasteiger partial charge in [0.15, 0.2) is 0 Å². The van der Waals surface area contributed by atoms with Crippen molar-refractivity contribution in [3.05, 3.63) is 59.7 Å². The van der Waals surface area contributed by atoms with E-state index in [2.05, 4.69) is 10.6 Å². The highest BCUT2D eigenvalue weighted by Gasteiger charge is 2.18. The summed E-state index contributed by atoms with van der Waals surface area (Å²) < 4.78 is 27.2. The maximum atomic E-state index is 14.3. The van der Waals surface area contributed by atoms with Crippen LogP contribution in [0.2, 0.25) is 0 Å². The first-order valence-electron chi connectivity index (χ1n) is 7.70. The lowest BCUT2D eigenvalue weighted by Gasteiger charge is -2.23. The zero-order valence-corrected chi connectivity index (χ0v) is 12.6. The van der Waals surface area contributed by atoms with Crippen molar-refractivity contribution in [2.24, 2.45) is 0 Å². The third-order valence-electron chi connectivity index (χ3n) is 4.02. The normalized spacial score (nSPS) is 17.7. The van der Waals surface area contributed by atoms with Crippen molar-refractivity contribution in [1.29, 1.82) is 0 Å². The van der Waals surface area contributed by atoms with E-state index in [9.17, 15) is 13.6 Å². The van der Waals surface area contributed by atoms with Crippen molar-refractivity contribution in [1.82, 2.24) is 10.6 Å². The first-order valence-corrected chi connectivity index (χ1v) is 7.70. The molecule has 0 aliphatic carbocycles. The molecule has 2 aromatic rings. The van der Waals surface area contributed by atoms with Gasteiger partial charge in [-0.2, -0.15) is 0 Å². The quantitative estimate of drug-likeness (QED) is 0.913. The summed E-state index contributed by atoms with van der Waals surface area (Å²) in [5.74, 6) is -1.32. The predicted molar refractivity (Wildman–Crippen MR) is 85.2 cm³/mol. The van der Waals surface area contributed by atoms with Crippen LogP contribution in [0, 0.1) is 11.6 Å². The number of nitrogens with one attached hydrogen (secondary N) is 2. The Hall–Kier alpha value is -2.27. The summed E-state index contributed by atoms with van der Waals surface area (Å²) in [5.41, 5.74) is 1.34. The zero-order chi connectivity index (χ0) is 16.2. The van der Waals surface area contributed by atoms with Crippen LogP contribution in [-0.2, 0) is 0 Å². The van der Waals surface area contributed by atoms with Crippen LogP contribution >= 0.6 is 0 Å². The summed E-state index contributed by atoms with van der Waals surface area (Å²) in [7, 11) is 0. The number of hydrogen-bond acceptors (Lipinski definition) is 2. The average Bonchev–Trinajstić information content (AvgIpc) is 2.56. The van der Waals surface area contributed by atoms with Crippen LogP contribution in [0.3, 0.4) is 0 Å². The third kappa shape index (κ3) is 3.74. The van der Waals surface area contributed by atoms with E-state index >= 15 is 0 Å². The Morgan fingerprint density at radius 3 is 2.48 bits per heavy atom. The molecule has 2 aromatic carbocycles. The Kier molecular flexibility index (Phi) is 4.67. The van der Waals surface area contributed by atoms with E-state index in [0.29, 0.717) is 17.7 Å². The molecule has 0 bridgehead atoms. The topological polar surface area (TPSA) is 41.1 Å². The molecule has 2 N–H and O–H groups in total. The summed E-state index contributed by atoms with van der Waals surface area (Å²) in [5, 5.41) is 6.05. The van der Waals surface area contributed by atoms with E-state index in [-0.39, 0.29) is 17.4 Å². The van der Waals surface area contributed by atoms with E-state index in [4.69, 9.17) is 0 Å². The molecule has 0 unspecified atom stereocenters. The second-order valence-electron chi connectivity index (χ2n) is 5.72. The molecule has 0 saturated carbocycles. The van der Waals surface area contributed by atoms with Crippen molar-refractivity contribution >= 4 is 5.91 Å². The second kappa shape index (κ2) is 6.87. The van der Waals surface area contributed by atoms with E-state index in [0.717, 1.165) is 19.4 Å². The number of carbonyl (C=O) groups excluding carboxylic acids is 1. The van der Waals surface area contributed by atoms with Gasteiger partial charge in [0.2, 0.25) is 0 Å². The average molecular weight is 316 g/mol. The van der Waals surface area contributed by atoms with Gasteiger partial charge in [-0.3, -0.25) is 4.79 Å². The van der Waals surface area contributed by atoms with Gasteiger partial charge >= 0.3 is 0 Å². The van der Waals surface area contributed by atoms with Gasteiger partial charge in [-0.15, -0.1) is 0 Å². The van der Waals surface area contributed by atoms with Gasteiger partial charge in [-0.05, 0) is 54.8 Å². The highest BCUT2D eigenvalue weighted by atomic mass is 19.1. The van der Waals surface area contributed by atoms with Gasteiger partial charge in [0.25, 0.3) is 5.91 Å². The molecule has 0 aromatic heterocycles. The summed E-state index contributed by atoms with van der Waals surface area (Å²) in [6, 6.07) is 10.3. The fraction of sp³-hybridized carbons (Fsp3) is 0.278. The third-order valence-corrected chi connectivity index (χ3v) is 4.02. The zero-order valence-electron chi connectivity index (χ0n) is 12.6. The van der Waals surface area contributed by atoms with E-state index in [1.807, 2.05) is 0 Å². The van der Waals surface area contributed by atoms with Crippen molar-refractivity contribution in [3.63, 3.8) is 0 Å². The van der Waals surface area contributed by atoms with Crippen LogP contribution in [0.4, 0.5) is 8.78 Å². The summed E-state index contributed by atoms with van der Waals surface area (Å²) >= 11 is 0. The molecule has 1 aliphatic heterocycles. The minimum Gasteiger partial charge on any atom is -0.348 e. The fourth-order valence-corrected chi connectivity index (χ4v) is 2.76. The number of benzene rings is 2. The summed E-state index contributed by atoms with van der Waals surface area (Å²) in [6.07, 6.45) is 1.89. The SMILES string of the molecule is O=C(N[C@H]1CCCNC1)c1ccc(-c2ccc(F)cc2)cc1F. The molecule has 0 radical (unpaired) electrons. The van der Waals surface area contributed by atoms with Crippen LogP contribution < -0.4 is 10.6 Å². The first kappa shape index (κ1) is 15.6. The minimum atomic E-state index is -0.576. The first-order chi connectivity index (χ1) is 11.1. The van der Waals surface area contributed by atoms with Crippen molar-refractivity contribution in [3.8, 4) is 11.1 Å². The number of amides is 1. The minimum absolute atomic E-state index is 0.0291. The van der Waals surface area contributed by atoms with Gasteiger partial charge < -0.3 is 10.6 Å². The molecule has 1 saturated heterocycles. The van der Waals surface area contributed by atoms with Crippen LogP contribution in [0.5, 0.6) is 0 Å². The Balaban J connectivity index is 1.76. The maximum Gasteiger partial charge on any atom is 0.254 e. The molecule has 1 heterocycles. The van der Waals surface area contributed by atoms with Crippen molar-refractivity contribution in [2.75, 3.05) is 13.1 Å². The molecular weight excluding hydrogens is 298 g/mol. The monoisotopic (exact) mass is 316 g/mol. The predicted octanol–water partition coefficient (Wildman–Crippen LogP) is 3.11. The van der Waals surface area contributed by atoms with E-state index in [1.165, 1.54) is 24.3 Å². The molecule has 23 heavy (non-hydrogen) atoms. The highest BCUT2D eigenvalue weighted by Crippen LogP contribution is 2.22. The van der Waals surface area contributed by atoms with Gasteiger partial charge in [0, 0.05) is 12.6 Å². The number of hydrogen-bond donors (Lipinski definition) is 2. The molecule has 120 valence electrons. The molecule has 1 aliphatic rings. The number of carbonyl (C=O) groups is 1. The Morgan fingerprint density at radius 2 is 1.83 bits per heavy atom. The number of halogens is 2. The Labute approximate surface area is 133 Å². The largest absolute Gasteiger partial charge is 0.348 e. The van der Waals surface area contributed by atoms with Crippen molar-refractivity contribution in [2.45, 2.75) is 18.9 Å². The standard InChI is InChI=1S/C18H18F2N2O/c19-14-6-3-12(4-7-14)13-5-8-16(17(20)10-13)18(23)22-15-2-1-9-21-11-15/h3-8,10,15,21H,1-2,9,11H2,(H,22,23)/t15-/m0/s1. The van der Waals surface area contributed by atoms with Gasteiger partial charge in [-0.1, -0.05) is 18.2 Å². The van der Waals surface area contributed by atoms with Crippen LogP contribution in [-0.4, -0.2) is 25.0 Å². The molecule has 3 nitrogen and oxygen atoms in total. The van der Waals surface area contributed by atoms with E-state index in [1.54, 1.807) is 18.2 Å². The second-order valence-corrected chi connectivity index (χ2v) is 5.72. The fourth-order valence-electron chi connectivity index (χ4n) is 2.76. The highest BCUT2D eigenvalue weighted by molar-refractivity contribution is 5.95.